The molecule has 7 heteroatoms. The first-order chi connectivity index (χ1) is 29.7. The standard InChI is InChI=1S/C54H46N2O4S/c1-35-29-43(53(57)49(31-35)55-45-23-11-5-17-37(45)38-18-6-12-24-46(38)55)41-21-9-15-27-51(41)59-33-61(3,4)34-60-52-28-16-10-22-42(52)44-30-36(2)32-50(54(44)58)56-47-25-13-7-19-39(47)40-20-8-14-26-48(40)56/h5-32,57-58H,33-34H2,1-4H3. The number of aryl methyl sites for hydroxylation is 2. The Morgan fingerprint density at radius 3 is 1.08 bits per heavy atom. The minimum absolute atomic E-state index is 0.195. The topological polar surface area (TPSA) is 68.8 Å². The monoisotopic (exact) mass is 818 g/mol. The molecule has 2 aromatic heterocycles. The molecule has 61 heavy (non-hydrogen) atoms. The number of para-hydroxylation sites is 6. The second-order valence-electron chi connectivity index (χ2n) is 16.4. The van der Waals surface area contributed by atoms with Crippen molar-refractivity contribution in [2.24, 2.45) is 0 Å². The van der Waals surface area contributed by atoms with E-state index in [4.69, 9.17) is 9.47 Å². The smallest absolute Gasteiger partial charge is 0.147 e. The zero-order valence-electron chi connectivity index (χ0n) is 34.6. The summed E-state index contributed by atoms with van der Waals surface area (Å²) in [5, 5.41) is 28.8. The first-order valence-electron chi connectivity index (χ1n) is 20.4. The van der Waals surface area contributed by atoms with Crippen LogP contribution in [0, 0.1) is 13.8 Å². The molecule has 0 saturated carbocycles. The van der Waals surface area contributed by atoms with Crippen LogP contribution in [0.1, 0.15) is 11.1 Å². The van der Waals surface area contributed by atoms with Gasteiger partial charge in [0.15, 0.2) is 0 Å². The van der Waals surface area contributed by atoms with Gasteiger partial charge in [-0.1, -0.05) is 109 Å². The van der Waals surface area contributed by atoms with E-state index < -0.39 is 10.0 Å². The van der Waals surface area contributed by atoms with Crippen LogP contribution >= 0.6 is 10.0 Å². The maximum absolute atomic E-state index is 12.1. The van der Waals surface area contributed by atoms with Crippen LogP contribution in [-0.4, -0.2) is 43.7 Å². The number of nitrogens with zero attached hydrogens (tertiary/aromatic N) is 2. The number of aromatic hydroxyl groups is 2. The van der Waals surface area contributed by atoms with Gasteiger partial charge in [-0.05, 0) is 98.1 Å². The molecular weight excluding hydrogens is 773 g/mol. The third-order valence-corrected chi connectivity index (χ3v) is 13.0. The second kappa shape index (κ2) is 15.2. The van der Waals surface area contributed by atoms with Crippen LogP contribution in [0.25, 0.3) is 77.2 Å². The van der Waals surface area contributed by atoms with Gasteiger partial charge in [0, 0.05) is 43.8 Å². The van der Waals surface area contributed by atoms with Crippen molar-refractivity contribution in [1.82, 2.24) is 9.13 Å². The summed E-state index contributed by atoms with van der Waals surface area (Å²) in [5.41, 5.74) is 10.7. The Morgan fingerprint density at radius 2 is 0.721 bits per heavy atom. The minimum atomic E-state index is -1.47. The van der Waals surface area contributed by atoms with Crippen molar-refractivity contribution in [3.8, 4) is 56.6 Å². The van der Waals surface area contributed by atoms with E-state index in [9.17, 15) is 10.2 Å². The first kappa shape index (κ1) is 38.1. The predicted molar refractivity (Wildman–Crippen MR) is 256 cm³/mol. The van der Waals surface area contributed by atoms with Crippen LogP contribution in [0.2, 0.25) is 0 Å². The average Bonchev–Trinajstić information content (AvgIpc) is 3.80. The molecule has 0 unspecified atom stereocenters. The van der Waals surface area contributed by atoms with Crippen LogP contribution in [0.3, 0.4) is 0 Å². The lowest BCUT2D eigenvalue weighted by molar-refractivity contribution is 0.368. The number of hydrogen-bond donors (Lipinski definition) is 2. The number of phenolic OH excluding ortho intramolecular Hbond substituents is 2. The molecule has 0 aliphatic carbocycles. The Bertz CT molecular complexity index is 2980. The van der Waals surface area contributed by atoms with Crippen LogP contribution in [-0.2, 0) is 0 Å². The summed E-state index contributed by atoms with van der Waals surface area (Å²) < 4.78 is 17.7. The molecule has 0 aliphatic heterocycles. The molecule has 302 valence electrons. The largest absolute Gasteiger partial charge is 0.505 e. The van der Waals surface area contributed by atoms with Crippen molar-refractivity contribution in [1.29, 1.82) is 0 Å². The quantitative estimate of drug-likeness (QED) is 0.144. The average molecular weight is 819 g/mol. The highest BCUT2D eigenvalue weighted by Crippen LogP contribution is 2.47. The van der Waals surface area contributed by atoms with Gasteiger partial charge < -0.3 is 28.8 Å². The number of fused-ring (bicyclic) bond motifs is 6. The number of benzene rings is 8. The Hall–Kier alpha value is -7.09. The molecule has 0 fully saturated rings. The van der Waals surface area contributed by atoms with Crippen LogP contribution in [0.15, 0.2) is 170 Å². The third-order valence-electron chi connectivity index (χ3n) is 11.5. The van der Waals surface area contributed by atoms with E-state index in [2.05, 4.69) is 108 Å². The summed E-state index contributed by atoms with van der Waals surface area (Å²) in [6, 6.07) is 57.3. The summed E-state index contributed by atoms with van der Waals surface area (Å²) in [7, 11) is -1.47. The van der Waals surface area contributed by atoms with Gasteiger partial charge in [-0.3, -0.25) is 0 Å². The normalized spacial score (nSPS) is 12.1. The SMILES string of the molecule is Cc1cc(-c2ccccc2OCS(C)(C)COc2ccccc2-c2cc(C)cc(-n3c4ccccc4c4ccccc43)c2O)c(O)c(-n2c3ccccc3c3ccccc32)c1. The van der Waals surface area contributed by atoms with Crippen LogP contribution in [0.5, 0.6) is 23.0 Å². The lowest BCUT2D eigenvalue weighted by Gasteiger charge is -2.31. The van der Waals surface area contributed by atoms with E-state index in [0.29, 0.717) is 34.5 Å². The van der Waals surface area contributed by atoms with Gasteiger partial charge in [-0.15, -0.1) is 0 Å². The molecular formula is C54H46N2O4S. The van der Waals surface area contributed by atoms with E-state index in [-0.39, 0.29) is 11.5 Å². The Morgan fingerprint density at radius 1 is 0.410 bits per heavy atom. The van der Waals surface area contributed by atoms with E-state index >= 15 is 0 Å². The molecule has 0 atom stereocenters. The van der Waals surface area contributed by atoms with Crippen molar-refractivity contribution in [3.63, 3.8) is 0 Å². The number of rotatable bonds is 10. The molecule has 0 radical (unpaired) electrons. The zero-order chi connectivity index (χ0) is 41.8. The van der Waals surface area contributed by atoms with Gasteiger partial charge in [0.05, 0.1) is 33.4 Å². The lowest BCUT2D eigenvalue weighted by atomic mass is 10.00. The Labute approximate surface area is 356 Å². The molecule has 0 spiro atoms. The van der Waals surface area contributed by atoms with E-state index in [1.807, 2.05) is 97.1 Å². The maximum Gasteiger partial charge on any atom is 0.147 e. The molecule has 6 nitrogen and oxygen atoms in total. The highest BCUT2D eigenvalue weighted by atomic mass is 32.3. The Kier molecular flexibility index (Phi) is 9.49. The predicted octanol–water partition coefficient (Wildman–Crippen LogP) is 13.7. The fourth-order valence-corrected chi connectivity index (χ4v) is 9.71. The molecule has 2 N–H and O–H groups in total. The maximum atomic E-state index is 12.1. The van der Waals surface area contributed by atoms with Gasteiger partial charge in [-0.25, -0.2) is 0 Å². The molecule has 0 amide bonds. The number of ether oxygens (including phenoxy) is 2. The summed E-state index contributed by atoms with van der Waals surface area (Å²) in [4.78, 5) is 0. The van der Waals surface area contributed by atoms with E-state index in [1.165, 1.54) is 0 Å². The lowest BCUT2D eigenvalue weighted by Crippen LogP contribution is -2.15. The van der Waals surface area contributed by atoms with Gasteiger partial charge in [0.2, 0.25) is 0 Å². The molecule has 0 aliphatic rings. The van der Waals surface area contributed by atoms with Crippen molar-refractivity contribution >= 4 is 53.6 Å². The summed E-state index contributed by atoms with van der Waals surface area (Å²) in [5.74, 6) is 2.65. The van der Waals surface area contributed by atoms with Crippen molar-refractivity contribution in [2.75, 3.05) is 24.4 Å². The van der Waals surface area contributed by atoms with Crippen LogP contribution < -0.4 is 9.47 Å². The molecule has 2 heterocycles. The molecule has 0 bridgehead atoms. The Balaban J connectivity index is 0.936. The summed E-state index contributed by atoms with van der Waals surface area (Å²) in [6.07, 6.45) is 4.40. The van der Waals surface area contributed by atoms with Crippen molar-refractivity contribution in [3.05, 3.63) is 181 Å². The molecule has 10 rings (SSSR count). The van der Waals surface area contributed by atoms with E-state index in [1.54, 1.807) is 0 Å². The van der Waals surface area contributed by atoms with Crippen molar-refractivity contribution < 1.29 is 19.7 Å². The highest BCUT2D eigenvalue weighted by molar-refractivity contribution is 8.32. The zero-order valence-corrected chi connectivity index (χ0v) is 35.4. The fraction of sp³-hybridized carbons (Fsp3) is 0.111. The summed E-state index contributed by atoms with van der Waals surface area (Å²) >= 11 is 0. The highest BCUT2D eigenvalue weighted by Gasteiger charge is 2.23. The van der Waals surface area contributed by atoms with Gasteiger partial charge >= 0.3 is 0 Å². The molecule has 0 saturated heterocycles. The van der Waals surface area contributed by atoms with Gasteiger partial charge in [-0.2, -0.15) is 10.0 Å². The van der Waals surface area contributed by atoms with Crippen molar-refractivity contribution in [2.45, 2.75) is 13.8 Å². The number of aromatic nitrogens is 2. The van der Waals surface area contributed by atoms with Crippen LogP contribution in [0.4, 0.5) is 0 Å². The third kappa shape index (κ3) is 6.71. The second-order valence-corrected chi connectivity index (χ2v) is 20.4. The number of phenols is 2. The fourth-order valence-electron chi connectivity index (χ4n) is 8.75. The molecule has 10 aromatic rings. The number of hydrogen-bond acceptors (Lipinski definition) is 4. The minimum Gasteiger partial charge on any atom is -0.505 e. The molecule has 8 aromatic carbocycles. The van der Waals surface area contributed by atoms with Gasteiger partial charge in [0.1, 0.15) is 34.9 Å². The van der Waals surface area contributed by atoms with Gasteiger partial charge in [0.25, 0.3) is 0 Å². The van der Waals surface area contributed by atoms with E-state index in [0.717, 1.165) is 77.2 Å². The first-order valence-corrected chi connectivity index (χ1v) is 23.2. The summed E-state index contributed by atoms with van der Waals surface area (Å²) in [6.45, 7) is 4.13.